The highest BCUT2D eigenvalue weighted by molar-refractivity contribution is 7.21. The molecule has 1 saturated carbocycles. The highest BCUT2D eigenvalue weighted by Gasteiger charge is 2.47. The number of thiazole rings is 1. The minimum atomic E-state index is -0.389. The van der Waals surface area contributed by atoms with E-state index in [4.69, 9.17) is 15.8 Å². The summed E-state index contributed by atoms with van der Waals surface area (Å²) < 4.78 is 14.8. The van der Waals surface area contributed by atoms with E-state index in [1.807, 2.05) is 18.2 Å². The van der Waals surface area contributed by atoms with Gasteiger partial charge in [-0.1, -0.05) is 47.7 Å². The van der Waals surface area contributed by atoms with Gasteiger partial charge in [0.25, 0.3) is 0 Å². The van der Waals surface area contributed by atoms with Crippen molar-refractivity contribution >= 4 is 21.7 Å². The molecule has 30 heavy (non-hydrogen) atoms. The molecular weight excluding hydrogens is 397 g/mol. The molecule has 2 aromatic carbocycles. The number of hydrogen-bond acceptors (Lipinski definition) is 5. The average Bonchev–Trinajstić information content (AvgIpc) is 3.47. The van der Waals surface area contributed by atoms with Gasteiger partial charge in [0.05, 0.1) is 12.3 Å². The highest BCUT2D eigenvalue weighted by atomic mass is 32.1. The van der Waals surface area contributed by atoms with E-state index in [9.17, 15) is 4.39 Å². The number of rotatable bonds is 6. The van der Waals surface area contributed by atoms with Crippen molar-refractivity contribution in [3.63, 3.8) is 0 Å². The summed E-state index contributed by atoms with van der Waals surface area (Å²) in [7, 11) is 0. The molecule has 0 amide bonds. The Morgan fingerprint density at radius 1 is 1.07 bits per heavy atom. The zero-order chi connectivity index (χ0) is 20.7. The number of aliphatic hydroxyl groups is 1. The first-order chi connectivity index (χ1) is 14.6. The lowest BCUT2D eigenvalue weighted by atomic mass is 9.92. The molecule has 1 atom stereocenters. The lowest BCUT2D eigenvalue weighted by molar-refractivity contribution is 0.265. The fraction of sp³-hybridized carbons (Fsp3) is 0.250. The van der Waals surface area contributed by atoms with Crippen molar-refractivity contribution in [3.05, 3.63) is 83.3 Å². The van der Waals surface area contributed by atoms with Crippen LogP contribution in [0.25, 0.3) is 20.9 Å². The van der Waals surface area contributed by atoms with Gasteiger partial charge in [0.15, 0.2) is 0 Å². The van der Waals surface area contributed by atoms with Gasteiger partial charge in [0.1, 0.15) is 21.2 Å². The predicted octanol–water partition coefficient (Wildman–Crippen LogP) is 4.44. The average molecular weight is 420 g/mol. The Morgan fingerprint density at radius 2 is 1.87 bits per heavy atom. The molecule has 1 aliphatic carbocycles. The van der Waals surface area contributed by atoms with Gasteiger partial charge in [-0.2, -0.15) is 0 Å². The fourth-order valence-corrected chi connectivity index (χ4v) is 4.96. The molecule has 0 saturated heterocycles. The molecule has 2 aromatic heterocycles. The summed E-state index contributed by atoms with van der Waals surface area (Å²) in [5.74, 6) is -0.333. The predicted molar refractivity (Wildman–Crippen MR) is 118 cm³/mol. The molecule has 3 N–H and O–H groups in total. The van der Waals surface area contributed by atoms with Crippen LogP contribution in [-0.2, 0) is 11.8 Å². The van der Waals surface area contributed by atoms with Crippen molar-refractivity contribution in [2.24, 2.45) is 5.73 Å². The van der Waals surface area contributed by atoms with Crippen molar-refractivity contribution in [1.29, 1.82) is 0 Å². The van der Waals surface area contributed by atoms with Crippen molar-refractivity contribution in [2.45, 2.75) is 30.7 Å². The summed E-state index contributed by atoms with van der Waals surface area (Å²) in [6.45, 7) is -0.125. The monoisotopic (exact) mass is 419 g/mol. The van der Waals surface area contributed by atoms with E-state index < -0.39 is 0 Å². The third kappa shape index (κ3) is 3.41. The van der Waals surface area contributed by atoms with Gasteiger partial charge >= 0.3 is 0 Å². The molecule has 0 bridgehead atoms. The van der Waals surface area contributed by atoms with E-state index in [0.717, 1.165) is 34.4 Å². The summed E-state index contributed by atoms with van der Waals surface area (Å²) in [5.41, 5.74) is 10.1. The Morgan fingerprint density at radius 3 is 2.57 bits per heavy atom. The lowest BCUT2D eigenvalue weighted by Gasteiger charge is -2.14. The van der Waals surface area contributed by atoms with Crippen LogP contribution in [0.4, 0.5) is 4.39 Å². The summed E-state index contributed by atoms with van der Waals surface area (Å²) in [6, 6.07) is 19.2. The van der Waals surface area contributed by atoms with Crippen LogP contribution in [-0.4, -0.2) is 27.7 Å². The molecule has 1 aliphatic rings. The van der Waals surface area contributed by atoms with E-state index >= 15 is 0 Å². The second-order valence-corrected chi connectivity index (χ2v) is 8.93. The smallest absolute Gasteiger partial charge is 0.144 e. The molecule has 0 aliphatic heterocycles. The van der Waals surface area contributed by atoms with Crippen molar-refractivity contribution in [2.75, 3.05) is 6.61 Å². The minimum absolute atomic E-state index is 0.00201. The maximum atomic E-state index is 14.8. The Kier molecular flexibility index (Phi) is 4.85. The van der Waals surface area contributed by atoms with E-state index in [0.29, 0.717) is 17.0 Å². The third-order valence-corrected chi connectivity index (χ3v) is 6.82. The number of fused-ring (bicyclic) bond motifs is 1. The molecular formula is C24H22FN3OS. The maximum Gasteiger partial charge on any atom is 0.144 e. The maximum absolute atomic E-state index is 14.8. The van der Waals surface area contributed by atoms with Crippen LogP contribution in [0.2, 0.25) is 0 Å². The number of pyridine rings is 1. The minimum Gasteiger partial charge on any atom is -0.395 e. The normalized spacial score (nSPS) is 16.0. The molecule has 4 aromatic rings. The number of aliphatic hydroxyl groups excluding tert-OH is 1. The van der Waals surface area contributed by atoms with Gasteiger partial charge in [-0.15, -0.1) is 0 Å². The van der Waals surface area contributed by atoms with Gasteiger partial charge in [-0.25, -0.2) is 14.4 Å². The molecule has 4 nitrogen and oxygen atoms in total. The summed E-state index contributed by atoms with van der Waals surface area (Å²) in [4.78, 5) is 10.4. The van der Waals surface area contributed by atoms with E-state index in [1.54, 1.807) is 6.07 Å². The number of benzene rings is 2. The van der Waals surface area contributed by atoms with Gasteiger partial charge in [0, 0.05) is 17.0 Å². The summed E-state index contributed by atoms with van der Waals surface area (Å²) in [6.07, 6.45) is 2.61. The Bertz CT molecular complexity index is 1200. The van der Waals surface area contributed by atoms with Crippen molar-refractivity contribution < 1.29 is 9.50 Å². The van der Waals surface area contributed by atoms with Gasteiger partial charge in [-0.3, -0.25) is 0 Å². The SMILES string of the molecule is NC(CO)Cc1ccc(-c2nc3ccc(C4(c5ccccc5)CC4)nc3s2)c(F)c1. The van der Waals surface area contributed by atoms with Crippen LogP contribution in [0.5, 0.6) is 0 Å². The molecule has 1 fully saturated rings. The van der Waals surface area contributed by atoms with Crippen LogP contribution in [0, 0.1) is 5.82 Å². The zero-order valence-electron chi connectivity index (χ0n) is 16.4. The summed E-state index contributed by atoms with van der Waals surface area (Å²) in [5, 5.41) is 9.72. The molecule has 2 heterocycles. The third-order valence-electron chi connectivity index (χ3n) is 5.82. The molecule has 0 spiro atoms. The van der Waals surface area contributed by atoms with Gasteiger partial charge in [0.2, 0.25) is 0 Å². The number of aromatic nitrogens is 2. The lowest BCUT2D eigenvalue weighted by Crippen LogP contribution is -2.26. The quantitative estimate of drug-likeness (QED) is 0.485. The molecule has 0 radical (unpaired) electrons. The highest BCUT2D eigenvalue weighted by Crippen LogP contribution is 2.53. The van der Waals surface area contributed by atoms with E-state index in [1.165, 1.54) is 23.0 Å². The van der Waals surface area contributed by atoms with Crippen LogP contribution < -0.4 is 5.73 Å². The van der Waals surface area contributed by atoms with Crippen LogP contribution >= 0.6 is 11.3 Å². The number of nitrogens with two attached hydrogens (primary N) is 1. The number of hydrogen-bond donors (Lipinski definition) is 2. The van der Waals surface area contributed by atoms with Crippen molar-refractivity contribution in [3.8, 4) is 10.6 Å². The molecule has 152 valence electrons. The number of nitrogens with zero attached hydrogens (tertiary/aromatic N) is 2. The van der Waals surface area contributed by atoms with Gasteiger partial charge in [-0.05, 0) is 54.7 Å². The first kappa shape index (κ1) is 19.3. The zero-order valence-corrected chi connectivity index (χ0v) is 17.2. The second-order valence-electron chi connectivity index (χ2n) is 7.95. The molecule has 6 heteroatoms. The van der Waals surface area contributed by atoms with Crippen LogP contribution in [0.1, 0.15) is 29.7 Å². The van der Waals surface area contributed by atoms with E-state index in [-0.39, 0.29) is 23.9 Å². The van der Waals surface area contributed by atoms with Crippen molar-refractivity contribution in [1.82, 2.24) is 9.97 Å². The molecule has 1 unspecified atom stereocenters. The Balaban J connectivity index is 1.48. The van der Waals surface area contributed by atoms with E-state index in [2.05, 4.69) is 35.3 Å². The van der Waals surface area contributed by atoms with Crippen LogP contribution in [0.3, 0.4) is 0 Å². The first-order valence-electron chi connectivity index (χ1n) is 10.1. The van der Waals surface area contributed by atoms with Crippen LogP contribution in [0.15, 0.2) is 60.7 Å². The number of halogens is 1. The Hall–Kier alpha value is -2.67. The first-order valence-corrected chi connectivity index (χ1v) is 10.9. The fourth-order valence-electron chi connectivity index (χ4n) is 4.00. The summed E-state index contributed by atoms with van der Waals surface area (Å²) >= 11 is 1.42. The molecule has 5 rings (SSSR count). The second kappa shape index (κ2) is 7.54. The topological polar surface area (TPSA) is 72.0 Å². The van der Waals surface area contributed by atoms with Gasteiger partial charge < -0.3 is 10.8 Å². The standard InChI is InChI=1S/C24H22FN3OS/c25-19-13-15(12-17(26)14-29)6-7-18(19)22-27-20-8-9-21(28-23(20)30-22)24(10-11-24)16-4-2-1-3-5-16/h1-9,13,17,29H,10-12,14,26H2. The Labute approximate surface area is 178 Å². The largest absolute Gasteiger partial charge is 0.395 e.